The number of alkyl halides is 3. The van der Waals surface area contributed by atoms with E-state index in [1.807, 2.05) is 32.0 Å². The Kier molecular flexibility index (Phi) is 6.08. The maximum atomic E-state index is 13.6. The number of benzene rings is 2. The topological polar surface area (TPSA) is 91.0 Å². The summed E-state index contributed by atoms with van der Waals surface area (Å²) in [6, 6.07) is 10.9. The van der Waals surface area contributed by atoms with Crippen LogP contribution in [-0.2, 0) is 23.9 Å². The Morgan fingerprint density at radius 2 is 1.94 bits per heavy atom. The van der Waals surface area contributed by atoms with E-state index in [9.17, 15) is 18.0 Å². The molecule has 0 atom stereocenters. The predicted molar refractivity (Wildman–Crippen MR) is 122 cm³/mol. The summed E-state index contributed by atoms with van der Waals surface area (Å²) in [7, 11) is 0. The number of amides is 1. The standard InChI is InChI=1S/C23H23F3N6O/c1-3-27-18-8-13(2)4-5-15(18)11-28-21-17(23(24,25)26)12-29-22(32-21)30-16-7-6-14-9-20(33)31-19(14)10-16/h4-8,10,12,27H,3,9,11H2,1-2H3,(H,31,33)(H2,28,29,30,32). The molecule has 0 aliphatic carbocycles. The number of nitrogens with one attached hydrogen (secondary N) is 4. The Balaban J connectivity index is 1.59. The van der Waals surface area contributed by atoms with E-state index in [4.69, 9.17) is 0 Å². The number of hydrogen-bond acceptors (Lipinski definition) is 6. The van der Waals surface area contributed by atoms with Gasteiger partial charge in [-0.15, -0.1) is 0 Å². The molecule has 2 heterocycles. The summed E-state index contributed by atoms with van der Waals surface area (Å²) >= 11 is 0. The van der Waals surface area contributed by atoms with E-state index in [1.54, 1.807) is 18.2 Å². The largest absolute Gasteiger partial charge is 0.421 e. The van der Waals surface area contributed by atoms with Crippen molar-refractivity contribution in [3.05, 3.63) is 64.8 Å². The molecule has 0 fully saturated rings. The van der Waals surface area contributed by atoms with Gasteiger partial charge in [-0.2, -0.15) is 18.2 Å². The van der Waals surface area contributed by atoms with Crippen molar-refractivity contribution < 1.29 is 18.0 Å². The van der Waals surface area contributed by atoms with Gasteiger partial charge in [-0.3, -0.25) is 4.79 Å². The zero-order chi connectivity index (χ0) is 23.6. The normalized spacial score (nSPS) is 12.8. The molecule has 1 aliphatic heterocycles. The third kappa shape index (κ3) is 5.16. The van der Waals surface area contributed by atoms with Gasteiger partial charge in [-0.25, -0.2) is 4.98 Å². The van der Waals surface area contributed by atoms with Crippen LogP contribution in [0.2, 0.25) is 0 Å². The Morgan fingerprint density at radius 3 is 2.70 bits per heavy atom. The molecule has 1 aromatic heterocycles. The molecule has 3 aromatic rings. The molecule has 4 N–H and O–H groups in total. The second kappa shape index (κ2) is 8.97. The highest BCUT2D eigenvalue weighted by molar-refractivity contribution is 5.99. The fourth-order valence-electron chi connectivity index (χ4n) is 3.58. The van der Waals surface area contributed by atoms with Crippen LogP contribution in [0.25, 0.3) is 0 Å². The number of rotatable bonds is 7. The molecule has 0 unspecified atom stereocenters. The van der Waals surface area contributed by atoms with E-state index in [0.29, 0.717) is 24.3 Å². The second-order valence-corrected chi connectivity index (χ2v) is 7.72. The summed E-state index contributed by atoms with van der Waals surface area (Å²) in [5.74, 6) is -0.421. The van der Waals surface area contributed by atoms with Gasteiger partial charge in [0.15, 0.2) is 0 Å². The minimum atomic E-state index is -4.61. The van der Waals surface area contributed by atoms with Crippen molar-refractivity contribution in [1.29, 1.82) is 0 Å². The average Bonchev–Trinajstić information content (AvgIpc) is 3.12. The first-order chi connectivity index (χ1) is 15.7. The van der Waals surface area contributed by atoms with Crippen LogP contribution in [0.15, 0.2) is 42.6 Å². The molecule has 1 amide bonds. The predicted octanol–water partition coefficient (Wildman–Crippen LogP) is 5.09. The van der Waals surface area contributed by atoms with Crippen molar-refractivity contribution in [2.45, 2.75) is 33.0 Å². The van der Waals surface area contributed by atoms with Gasteiger partial charge < -0.3 is 21.3 Å². The quantitative estimate of drug-likeness (QED) is 0.396. The van der Waals surface area contributed by atoms with Crippen molar-refractivity contribution in [2.75, 3.05) is 27.8 Å². The number of aryl methyl sites for hydroxylation is 1. The number of halogens is 3. The molecular weight excluding hydrogens is 433 g/mol. The third-order valence-corrected chi connectivity index (χ3v) is 5.16. The third-order valence-electron chi connectivity index (χ3n) is 5.16. The van der Waals surface area contributed by atoms with Crippen LogP contribution in [0.4, 0.5) is 42.0 Å². The van der Waals surface area contributed by atoms with Crippen LogP contribution < -0.4 is 21.3 Å². The summed E-state index contributed by atoms with van der Waals surface area (Å²) in [6.07, 6.45) is -3.56. The minimum Gasteiger partial charge on any atom is -0.385 e. The first kappa shape index (κ1) is 22.4. The van der Waals surface area contributed by atoms with Crippen LogP contribution in [0.1, 0.15) is 29.2 Å². The maximum Gasteiger partial charge on any atom is 0.421 e. The molecule has 0 spiro atoms. The van der Waals surface area contributed by atoms with Gasteiger partial charge in [0.25, 0.3) is 0 Å². The molecule has 2 aromatic carbocycles. The lowest BCUT2D eigenvalue weighted by Gasteiger charge is -2.17. The summed E-state index contributed by atoms with van der Waals surface area (Å²) in [5.41, 5.74) is 3.83. The number of carbonyl (C=O) groups is 1. The molecule has 0 saturated carbocycles. The Labute approximate surface area is 188 Å². The Morgan fingerprint density at radius 1 is 1.12 bits per heavy atom. The van der Waals surface area contributed by atoms with Gasteiger partial charge in [0, 0.05) is 36.3 Å². The van der Waals surface area contributed by atoms with E-state index in [0.717, 1.165) is 28.6 Å². The van der Waals surface area contributed by atoms with Gasteiger partial charge in [0.2, 0.25) is 11.9 Å². The zero-order valence-corrected chi connectivity index (χ0v) is 18.1. The Bertz CT molecular complexity index is 1200. The smallest absolute Gasteiger partial charge is 0.385 e. The molecule has 10 heteroatoms. The van der Waals surface area contributed by atoms with Crippen molar-refractivity contribution in [2.24, 2.45) is 0 Å². The van der Waals surface area contributed by atoms with Crippen LogP contribution >= 0.6 is 0 Å². The van der Waals surface area contributed by atoms with Gasteiger partial charge in [0.05, 0.1) is 6.42 Å². The summed E-state index contributed by atoms with van der Waals surface area (Å²) < 4.78 is 40.7. The summed E-state index contributed by atoms with van der Waals surface area (Å²) in [5, 5.41) is 11.7. The van der Waals surface area contributed by atoms with Gasteiger partial charge in [-0.05, 0) is 48.7 Å². The number of aromatic nitrogens is 2. The van der Waals surface area contributed by atoms with Crippen LogP contribution in [0, 0.1) is 6.92 Å². The number of fused-ring (bicyclic) bond motifs is 1. The molecule has 0 bridgehead atoms. The van der Waals surface area contributed by atoms with Crippen molar-refractivity contribution >= 4 is 34.7 Å². The summed E-state index contributed by atoms with van der Waals surface area (Å²) in [4.78, 5) is 19.5. The highest BCUT2D eigenvalue weighted by atomic mass is 19.4. The van der Waals surface area contributed by atoms with Gasteiger partial charge in [0.1, 0.15) is 11.4 Å². The summed E-state index contributed by atoms with van der Waals surface area (Å²) in [6.45, 7) is 4.74. The molecule has 1 aliphatic rings. The monoisotopic (exact) mass is 456 g/mol. The molecule has 0 radical (unpaired) electrons. The van der Waals surface area contributed by atoms with E-state index < -0.39 is 11.7 Å². The molecule has 4 rings (SSSR count). The molecule has 172 valence electrons. The second-order valence-electron chi connectivity index (χ2n) is 7.72. The van der Waals surface area contributed by atoms with E-state index in [2.05, 4.69) is 31.2 Å². The van der Waals surface area contributed by atoms with Crippen molar-refractivity contribution in [1.82, 2.24) is 9.97 Å². The zero-order valence-electron chi connectivity index (χ0n) is 18.1. The number of anilines is 5. The number of nitrogens with zero attached hydrogens (tertiary/aromatic N) is 2. The van der Waals surface area contributed by atoms with Gasteiger partial charge >= 0.3 is 6.18 Å². The minimum absolute atomic E-state index is 0.00517. The van der Waals surface area contributed by atoms with E-state index >= 15 is 0 Å². The average molecular weight is 456 g/mol. The lowest BCUT2D eigenvalue weighted by molar-refractivity contribution is -0.137. The number of hydrogen-bond donors (Lipinski definition) is 4. The number of carbonyl (C=O) groups excluding carboxylic acids is 1. The van der Waals surface area contributed by atoms with E-state index in [-0.39, 0.29) is 24.2 Å². The molecule has 33 heavy (non-hydrogen) atoms. The van der Waals surface area contributed by atoms with Crippen molar-refractivity contribution in [3.63, 3.8) is 0 Å². The van der Waals surface area contributed by atoms with Crippen molar-refractivity contribution in [3.8, 4) is 0 Å². The van der Waals surface area contributed by atoms with Gasteiger partial charge in [-0.1, -0.05) is 18.2 Å². The lowest BCUT2D eigenvalue weighted by Crippen LogP contribution is -2.15. The van der Waals surface area contributed by atoms with E-state index in [1.165, 1.54) is 0 Å². The SMILES string of the molecule is CCNc1cc(C)ccc1CNc1nc(Nc2ccc3c(c2)NC(=O)C3)ncc1C(F)(F)F. The van der Waals surface area contributed by atoms with Crippen LogP contribution in [-0.4, -0.2) is 22.4 Å². The molecule has 0 saturated heterocycles. The Hall–Kier alpha value is -3.82. The highest BCUT2D eigenvalue weighted by Gasteiger charge is 2.35. The first-order valence-electron chi connectivity index (χ1n) is 10.4. The highest BCUT2D eigenvalue weighted by Crippen LogP contribution is 2.35. The molecule has 7 nitrogen and oxygen atoms in total. The van der Waals surface area contributed by atoms with Crippen LogP contribution in [0.5, 0.6) is 0 Å². The maximum absolute atomic E-state index is 13.6. The van der Waals surface area contributed by atoms with Crippen LogP contribution in [0.3, 0.4) is 0 Å². The lowest BCUT2D eigenvalue weighted by atomic mass is 10.1. The fourth-order valence-corrected chi connectivity index (χ4v) is 3.58. The first-order valence-corrected chi connectivity index (χ1v) is 10.4. The fraction of sp³-hybridized carbons (Fsp3) is 0.261. The molecular formula is C23H23F3N6O.